The van der Waals surface area contributed by atoms with Gasteiger partial charge < -0.3 is 10.2 Å². The van der Waals surface area contributed by atoms with Crippen molar-refractivity contribution < 1.29 is 4.39 Å². The van der Waals surface area contributed by atoms with Crippen molar-refractivity contribution >= 4 is 5.69 Å². The first-order valence-electron chi connectivity index (χ1n) is 4.85. The molecule has 2 rings (SSSR count). The van der Waals surface area contributed by atoms with E-state index in [1.54, 1.807) is 19.2 Å². The standard InChI is InChI=1S/C10H14FN3/c1-8-10(11)6-9(7-13-8)14-4-2-12-3-5-14/h6-7,12H,2-5H2,1H3. The SMILES string of the molecule is Cc1ncc(N2CCNCC2)cc1F. The van der Waals surface area contributed by atoms with E-state index in [1.807, 2.05) is 0 Å². The average molecular weight is 195 g/mol. The Labute approximate surface area is 82.9 Å². The van der Waals surface area contributed by atoms with Crippen molar-refractivity contribution in [2.24, 2.45) is 0 Å². The van der Waals surface area contributed by atoms with Gasteiger partial charge in [0.1, 0.15) is 5.82 Å². The smallest absolute Gasteiger partial charge is 0.146 e. The number of hydrogen-bond acceptors (Lipinski definition) is 3. The predicted octanol–water partition coefficient (Wildman–Crippen LogP) is 0.939. The van der Waals surface area contributed by atoms with Gasteiger partial charge in [0.05, 0.1) is 17.6 Å². The minimum atomic E-state index is -0.221. The number of aryl methyl sites for hydroxylation is 1. The molecule has 0 amide bonds. The molecule has 0 unspecified atom stereocenters. The minimum absolute atomic E-state index is 0.221. The molecule has 1 N–H and O–H groups in total. The highest BCUT2D eigenvalue weighted by Gasteiger charge is 2.11. The van der Waals surface area contributed by atoms with Gasteiger partial charge in [-0.25, -0.2) is 4.39 Å². The maximum absolute atomic E-state index is 13.2. The molecule has 0 radical (unpaired) electrons. The molecular formula is C10H14FN3. The molecular weight excluding hydrogens is 181 g/mol. The van der Waals surface area contributed by atoms with Gasteiger partial charge >= 0.3 is 0 Å². The van der Waals surface area contributed by atoms with Gasteiger partial charge in [0.15, 0.2) is 0 Å². The topological polar surface area (TPSA) is 28.2 Å². The summed E-state index contributed by atoms with van der Waals surface area (Å²) in [6.45, 7) is 5.43. The monoisotopic (exact) mass is 195 g/mol. The Bertz CT molecular complexity index is 321. The molecule has 0 bridgehead atoms. The summed E-state index contributed by atoms with van der Waals surface area (Å²) in [6, 6.07) is 1.56. The van der Waals surface area contributed by atoms with Gasteiger partial charge in [0.25, 0.3) is 0 Å². The number of pyridine rings is 1. The van der Waals surface area contributed by atoms with E-state index < -0.39 is 0 Å². The lowest BCUT2D eigenvalue weighted by molar-refractivity contribution is 0.580. The van der Waals surface area contributed by atoms with Crippen LogP contribution >= 0.6 is 0 Å². The summed E-state index contributed by atoms with van der Waals surface area (Å²) < 4.78 is 13.2. The van der Waals surface area contributed by atoms with E-state index >= 15 is 0 Å². The highest BCUT2D eigenvalue weighted by molar-refractivity contribution is 5.45. The zero-order valence-corrected chi connectivity index (χ0v) is 8.26. The Hall–Kier alpha value is -1.16. The van der Waals surface area contributed by atoms with Crippen LogP contribution in [0.2, 0.25) is 0 Å². The zero-order valence-electron chi connectivity index (χ0n) is 8.26. The van der Waals surface area contributed by atoms with Gasteiger partial charge in [0.2, 0.25) is 0 Å². The van der Waals surface area contributed by atoms with E-state index in [-0.39, 0.29) is 5.82 Å². The molecule has 2 heterocycles. The molecule has 0 atom stereocenters. The number of nitrogens with zero attached hydrogens (tertiary/aromatic N) is 2. The molecule has 1 aromatic rings. The van der Waals surface area contributed by atoms with Crippen LogP contribution in [0.4, 0.5) is 10.1 Å². The molecule has 0 aliphatic carbocycles. The molecule has 1 saturated heterocycles. The second kappa shape index (κ2) is 3.92. The van der Waals surface area contributed by atoms with E-state index in [0.717, 1.165) is 31.9 Å². The number of nitrogens with one attached hydrogen (secondary N) is 1. The molecule has 76 valence electrons. The zero-order chi connectivity index (χ0) is 9.97. The highest BCUT2D eigenvalue weighted by Crippen LogP contribution is 2.16. The Morgan fingerprint density at radius 1 is 1.43 bits per heavy atom. The molecule has 3 nitrogen and oxygen atoms in total. The van der Waals surface area contributed by atoms with Crippen LogP contribution in [-0.2, 0) is 0 Å². The molecule has 1 aliphatic heterocycles. The lowest BCUT2D eigenvalue weighted by Gasteiger charge is -2.29. The summed E-state index contributed by atoms with van der Waals surface area (Å²) in [5.41, 5.74) is 1.35. The number of halogens is 1. The molecule has 1 aliphatic rings. The van der Waals surface area contributed by atoms with Crippen molar-refractivity contribution in [1.29, 1.82) is 0 Å². The van der Waals surface area contributed by atoms with Gasteiger partial charge in [-0.05, 0) is 6.92 Å². The largest absolute Gasteiger partial charge is 0.368 e. The van der Waals surface area contributed by atoms with Crippen molar-refractivity contribution in [3.8, 4) is 0 Å². The van der Waals surface area contributed by atoms with Gasteiger partial charge in [-0.1, -0.05) is 0 Å². The molecule has 4 heteroatoms. The summed E-state index contributed by atoms with van der Waals surface area (Å²) in [5, 5.41) is 3.25. The third-order valence-corrected chi connectivity index (χ3v) is 2.49. The lowest BCUT2D eigenvalue weighted by Crippen LogP contribution is -2.43. The fraction of sp³-hybridized carbons (Fsp3) is 0.500. The Morgan fingerprint density at radius 2 is 2.14 bits per heavy atom. The molecule has 14 heavy (non-hydrogen) atoms. The first-order chi connectivity index (χ1) is 6.77. The number of anilines is 1. The molecule has 0 spiro atoms. The fourth-order valence-electron chi connectivity index (χ4n) is 1.59. The first-order valence-corrected chi connectivity index (χ1v) is 4.85. The molecule has 1 aromatic heterocycles. The summed E-state index contributed by atoms with van der Waals surface area (Å²) in [4.78, 5) is 6.16. The van der Waals surface area contributed by atoms with Gasteiger partial charge in [0, 0.05) is 32.2 Å². The van der Waals surface area contributed by atoms with Crippen molar-refractivity contribution in [3.05, 3.63) is 23.8 Å². The van der Waals surface area contributed by atoms with E-state index in [9.17, 15) is 4.39 Å². The van der Waals surface area contributed by atoms with Crippen LogP contribution in [0.25, 0.3) is 0 Å². The van der Waals surface area contributed by atoms with E-state index in [1.165, 1.54) is 0 Å². The second-order valence-electron chi connectivity index (χ2n) is 3.50. The lowest BCUT2D eigenvalue weighted by atomic mass is 10.3. The van der Waals surface area contributed by atoms with Gasteiger partial charge in [-0.2, -0.15) is 0 Å². The van der Waals surface area contributed by atoms with Crippen molar-refractivity contribution in [1.82, 2.24) is 10.3 Å². The fourth-order valence-corrected chi connectivity index (χ4v) is 1.59. The average Bonchev–Trinajstić information content (AvgIpc) is 2.23. The maximum Gasteiger partial charge on any atom is 0.146 e. The summed E-state index contributed by atoms with van der Waals surface area (Å²) in [7, 11) is 0. The highest BCUT2D eigenvalue weighted by atomic mass is 19.1. The maximum atomic E-state index is 13.2. The van der Waals surface area contributed by atoms with Gasteiger partial charge in [-0.3, -0.25) is 4.98 Å². The van der Waals surface area contributed by atoms with Crippen LogP contribution in [0, 0.1) is 12.7 Å². The van der Waals surface area contributed by atoms with Crippen LogP contribution in [0.5, 0.6) is 0 Å². The number of hydrogen-bond donors (Lipinski definition) is 1. The molecule has 1 fully saturated rings. The van der Waals surface area contributed by atoms with Crippen LogP contribution in [-0.4, -0.2) is 31.2 Å². The van der Waals surface area contributed by atoms with Crippen LogP contribution in [0.15, 0.2) is 12.3 Å². The third kappa shape index (κ3) is 1.85. The normalized spacial score (nSPS) is 17.1. The Kier molecular flexibility index (Phi) is 2.63. The third-order valence-electron chi connectivity index (χ3n) is 2.49. The quantitative estimate of drug-likeness (QED) is 0.722. The van der Waals surface area contributed by atoms with Gasteiger partial charge in [-0.15, -0.1) is 0 Å². The second-order valence-corrected chi connectivity index (χ2v) is 3.50. The van der Waals surface area contributed by atoms with E-state index in [2.05, 4.69) is 15.2 Å². The molecule has 0 saturated carbocycles. The predicted molar refractivity (Wildman–Crippen MR) is 54.0 cm³/mol. The summed E-state index contributed by atoms with van der Waals surface area (Å²) in [5.74, 6) is -0.221. The van der Waals surface area contributed by atoms with Crippen molar-refractivity contribution in [2.75, 3.05) is 31.1 Å². The Balaban J connectivity index is 2.18. The number of rotatable bonds is 1. The van der Waals surface area contributed by atoms with Crippen molar-refractivity contribution in [3.63, 3.8) is 0 Å². The molecule has 0 aromatic carbocycles. The van der Waals surface area contributed by atoms with E-state index in [0.29, 0.717) is 5.69 Å². The summed E-state index contributed by atoms with van der Waals surface area (Å²) >= 11 is 0. The first kappa shape index (κ1) is 9.40. The van der Waals surface area contributed by atoms with Crippen LogP contribution < -0.4 is 10.2 Å². The summed E-state index contributed by atoms with van der Waals surface area (Å²) in [6.07, 6.45) is 1.74. The van der Waals surface area contributed by atoms with Crippen LogP contribution in [0.3, 0.4) is 0 Å². The minimum Gasteiger partial charge on any atom is -0.368 e. The van der Waals surface area contributed by atoms with Crippen LogP contribution in [0.1, 0.15) is 5.69 Å². The number of piperazine rings is 1. The van der Waals surface area contributed by atoms with Crippen molar-refractivity contribution in [2.45, 2.75) is 6.92 Å². The Morgan fingerprint density at radius 3 is 2.79 bits per heavy atom. The number of aromatic nitrogens is 1. The van der Waals surface area contributed by atoms with E-state index in [4.69, 9.17) is 0 Å².